The van der Waals surface area contributed by atoms with Crippen LogP contribution in [0, 0.1) is 0 Å². The second-order valence-corrected chi connectivity index (χ2v) is 5.50. The SMILES string of the molecule is O=C(NC1CCC1)c1cc(Br)ccc1Br. The second kappa shape index (κ2) is 4.66. The van der Waals surface area contributed by atoms with Crippen LogP contribution in [0.25, 0.3) is 0 Å². The first kappa shape index (κ1) is 11.1. The molecule has 15 heavy (non-hydrogen) atoms. The lowest BCUT2D eigenvalue weighted by Crippen LogP contribution is -2.39. The smallest absolute Gasteiger partial charge is 0.252 e. The third-order valence-corrected chi connectivity index (χ3v) is 3.80. The van der Waals surface area contributed by atoms with Crippen molar-refractivity contribution in [2.75, 3.05) is 0 Å². The summed E-state index contributed by atoms with van der Waals surface area (Å²) in [4.78, 5) is 11.9. The van der Waals surface area contributed by atoms with E-state index in [1.54, 1.807) is 0 Å². The minimum absolute atomic E-state index is 0.00729. The van der Waals surface area contributed by atoms with E-state index in [4.69, 9.17) is 0 Å². The number of rotatable bonds is 2. The van der Waals surface area contributed by atoms with Gasteiger partial charge in [0.15, 0.2) is 0 Å². The topological polar surface area (TPSA) is 29.1 Å². The summed E-state index contributed by atoms with van der Waals surface area (Å²) in [7, 11) is 0. The van der Waals surface area contributed by atoms with Crippen molar-refractivity contribution in [2.24, 2.45) is 0 Å². The van der Waals surface area contributed by atoms with Crippen LogP contribution < -0.4 is 5.32 Å². The number of nitrogens with one attached hydrogen (secondary N) is 1. The van der Waals surface area contributed by atoms with Crippen LogP contribution in [0.1, 0.15) is 29.6 Å². The van der Waals surface area contributed by atoms with E-state index < -0.39 is 0 Å². The summed E-state index contributed by atoms with van der Waals surface area (Å²) < 4.78 is 1.76. The first-order valence-electron chi connectivity index (χ1n) is 4.93. The van der Waals surface area contributed by atoms with Gasteiger partial charge in [0.25, 0.3) is 5.91 Å². The third kappa shape index (κ3) is 2.61. The molecule has 80 valence electrons. The van der Waals surface area contributed by atoms with Crippen molar-refractivity contribution in [2.45, 2.75) is 25.3 Å². The molecule has 0 saturated heterocycles. The summed E-state index contributed by atoms with van der Waals surface area (Å²) in [6.07, 6.45) is 3.44. The van der Waals surface area contributed by atoms with Crippen LogP contribution in [0.2, 0.25) is 0 Å². The van der Waals surface area contributed by atoms with Gasteiger partial charge in [-0.15, -0.1) is 0 Å². The van der Waals surface area contributed by atoms with Crippen LogP contribution in [0.3, 0.4) is 0 Å². The van der Waals surface area contributed by atoms with Crippen LogP contribution in [-0.2, 0) is 0 Å². The van der Waals surface area contributed by atoms with Gasteiger partial charge in [0, 0.05) is 15.0 Å². The quantitative estimate of drug-likeness (QED) is 0.882. The van der Waals surface area contributed by atoms with Crippen LogP contribution in [0.5, 0.6) is 0 Å². The first-order chi connectivity index (χ1) is 7.16. The van der Waals surface area contributed by atoms with Gasteiger partial charge in [-0.05, 0) is 53.4 Å². The molecule has 4 heteroatoms. The lowest BCUT2D eigenvalue weighted by molar-refractivity contribution is 0.0916. The number of benzene rings is 1. The Morgan fingerprint density at radius 2 is 2.07 bits per heavy atom. The summed E-state index contributed by atoms with van der Waals surface area (Å²) in [6, 6.07) is 5.99. The van der Waals surface area contributed by atoms with Gasteiger partial charge in [0.1, 0.15) is 0 Å². The molecule has 0 bridgehead atoms. The molecule has 0 aliphatic heterocycles. The Labute approximate surface area is 106 Å². The van der Waals surface area contributed by atoms with Gasteiger partial charge >= 0.3 is 0 Å². The molecule has 1 saturated carbocycles. The summed E-state index contributed by atoms with van der Waals surface area (Å²) in [5.74, 6) is 0.00729. The molecule has 1 aromatic carbocycles. The molecule has 1 amide bonds. The molecule has 1 aliphatic carbocycles. The highest BCUT2D eigenvalue weighted by molar-refractivity contribution is 9.11. The number of halogens is 2. The molecule has 2 rings (SSSR count). The fourth-order valence-corrected chi connectivity index (χ4v) is 2.28. The molecule has 0 spiro atoms. The van der Waals surface area contributed by atoms with E-state index in [1.165, 1.54) is 6.42 Å². The fourth-order valence-electron chi connectivity index (χ4n) is 1.49. The van der Waals surface area contributed by atoms with Crippen molar-refractivity contribution >= 4 is 37.8 Å². The Morgan fingerprint density at radius 1 is 1.33 bits per heavy atom. The molecule has 0 heterocycles. The lowest BCUT2D eigenvalue weighted by Gasteiger charge is -2.26. The van der Waals surface area contributed by atoms with Crippen LogP contribution in [-0.4, -0.2) is 11.9 Å². The zero-order valence-electron chi connectivity index (χ0n) is 8.09. The summed E-state index contributed by atoms with van der Waals surface area (Å²) in [5, 5.41) is 3.01. The molecule has 0 radical (unpaired) electrons. The van der Waals surface area contributed by atoms with E-state index in [2.05, 4.69) is 37.2 Å². The minimum Gasteiger partial charge on any atom is -0.349 e. The van der Waals surface area contributed by atoms with Gasteiger partial charge in [-0.2, -0.15) is 0 Å². The van der Waals surface area contributed by atoms with E-state index >= 15 is 0 Å². The molecule has 1 aliphatic rings. The molecule has 0 unspecified atom stereocenters. The van der Waals surface area contributed by atoms with Gasteiger partial charge in [-0.1, -0.05) is 15.9 Å². The molecule has 2 nitrogen and oxygen atoms in total. The highest BCUT2D eigenvalue weighted by Gasteiger charge is 2.21. The van der Waals surface area contributed by atoms with Gasteiger partial charge in [-0.3, -0.25) is 4.79 Å². The van der Waals surface area contributed by atoms with Crippen molar-refractivity contribution < 1.29 is 4.79 Å². The van der Waals surface area contributed by atoms with Gasteiger partial charge in [-0.25, -0.2) is 0 Å². The number of amides is 1. The third-order valence-electron chi connectivity index (χ3n) is 2.61. The normalized spacial score (nSPS) is 15.9. The maximum absolute atomic E-state index is 11.9. The molecule has 1 fully saturated rings. The number of hydrogen-bond acceptors (Lipinski definition) is 1. The average molecular weight is 333 g/mol. The van der Waals surface area contributed by atoms with Crippen molar-refractivity contribution in [3.8, 4) is 0 Å². The molecular weight excluding hydrogens is 322 g/mol. The number of hydrogen-bond donors (Lipinski definition) is 1. The van der Waals surface area contributed by atoms with E-state index in [9.17, 15) is 4.79 Å². The average Bonchev–Trinajstić information content (AvgIpc) is 2.15. The Bertz CT molecular complexity index is 388. The lowest BCUT2D eigenvalue weighted by atomic mass is 9.93. The Hall–Kier alpha value is -0.350. The van der Waals surface area contributed by atoms with Crippen molar-refractivity contribution in [1.29, 1.82) is 0 Å². The Kier molecular flexibility index (Phi) is 3.46. The monoisotopic (exact) mass is 331 g/mol. The van der Waals surface area contributed by atoms with Crippen LogP contribution in [0.4, 0.5) is 0 Å². The fraction of sp³-hybridized carbons (Fsp3) is 0.364. The van der Waals surface area contributed by atoms with Gasteiger partial charge in [0.05, 0.1) is 5.56 Å². The van der Waals surface area contributed by atoms with Crippen molar-refractivity contribution in [3.05, 3.63) is 32.7 Å². The van der Waals surface area contributed by atoms with Crippen LogP contribution >= 0.6 is 31.9 Å². The minimum atomic E-state index is 0.00729. The standard InChI is InChI=1S/C11H11Br2NO/c12-7-4-5-10(13)9(6-7)11(15)14-8-2-1-3-8/h4-6,8H,1-3H2,(H,14,15). The highest BCUT2D eigenvalue weighted by Crippen LogP contribution is 2.23. The molecule has 0 atom stereocenters. The highest BCUT2D eigenvalue weighted by atomic mass is 79.9. The zero-order chi connectivity index (χ0) is 10.8. The predicted molar refractivity (Wildman–Crippen MR) is 66.9 cm³/mol. The molecular formula is C11H11Br2NO. The summed E-state index contributed by atoms with van der Waals surface area (Å²) in [5.41, 5.74) is 0.691. The van der Waals surface area contributed by atoms with Gasteiger partial charge < -0.3 is 5.32 Å². The van der Waals surface area contributed by atoms with E-state index in [0.29, 0.717) is 11.6 Å². The largest absolute Gasteiger partial charge is 0.349 e. The molecule has 1 aromatic rings. The summed E-state index contributed by atoms with van der Waals surface area (Å²) in [6.45, 7) is 0. The first-order valence-corrected chi connectivity index (χ1v) is 6.51. The second-order valence-electron chi connectivity index (χ2n) is 3.73. The Morgan fingerprint density at radius 3 is 2.67 bits per heavy atom. The Balaban J connectivity index is 2.12. The number of carbonyl (C=O) groups excluding carboxylic acids is 1. The zero-order valence-corrected chi connectivity index (χ0v) is 11.3. The summed E-state index contributed by atoms with van der Waals surface area (Å²) >= 11 is 6.74. The van der Waals surface area contributed by atoms with E-state index in [0.717, 1.165) is 21.8 Å². The number of carbonyl (C=O) groups is 1. The molecule has 1 N–H and O–H groups in total. The van der Waals surface area contributed by atoms with Crippen molar-refractivity contribution in [3.63, 3.8) is 0 Å². The van der Waals surface area contributed by atoms with Crippen molar-refractivity contribution in [1.82, 2.24) is 5.32 Å². The van der Waals surface area contributed by atoms with E-state index in [1.807, 2.05) is 18.2 Å². The maximum atomic E-state index is 11.9. The maximum Gasteiger partial charge on any atom is 0.252 e. The van der Waals surface area contributed by atoms with Crippen LogP contribution in [0.15, 0.2) is 27.1 Å². The molecule has 0 aromatic heterocycles. The predicted octanol–water partition coefficient (Wildman–Crippen LogP) is 3.49. The van der Waals surface area contributed by atoms with Gasteiger partial charge in [0.2, 0.25) is 0 Å². The van der Waals surface area contributed by atoms with E-state index in [-0.39, 0.29) is 5.91 Å².